The van der Waals surface area contributed by atoms with Gasteiger partial charge in [-0.2, -0.15) is 0 Å². The molecule has 0 fully saturated rings. The maximum absolute atomic E-state index is 9.21. The Kier molecular flexibility index (Phi) is 4.88. The van der Waals surface area contributed by atoms with Crippen molar-refractivity contribution in [2.24, 2.45) is 0 Å². The van der Waals surface area contributed by atoms with Gasteiger partial charge in [0.1, 0.15) is 0 Å². The molecule has 1 heterocycles. The van der Waals surface area contributed by atoms with Crippen molar-refractivity contribution in [3.8, 4) is 0 Å². The molecule has 10 heavy (non-hydrogen) atoms. The van der Waals surface area contributed by atoms with Gasteiger partial charge in [-0.25, -0.2) is 4.98 Å². The molecular formula is C5H7ClN2OS. The average molecular weight is 179 g/mol. The molecule has 0 amide bonds. The monoisotopic (exact) mass is 178 g/mol. The second kappa shape index (κ2) is 5.20. The van der Waals surface area contributed by atoms with Crippen LogP contribution in [0.5, 0.6) is 0 Å². The summed E-state index contributed by atoms with van der Waals surface area (Å²) in [5.74, 6) is 0. The number of halogens is 1. The first-order chi connectivity index (χ1) is 4.63. The van der Waals surface area contributed by atoms with Gasteiger partial charge in [0.2, 0.25) is 5.24 Å². The van der Waals surface area contributed by atoms with Crippen LogP contribution in [0.15, 0.2) is 11.6 Å². The lowest BCUT2D eigenvalue weighted by Crippen LogP contribution is -1.77. The van der Waals surface area contributed by atoms with Crippen molar-refractivity contribution in [3.63, 3.8) is 0 Å². The van der Waals surface area contributed by atoms with Crippen molar-refractivity contribution in [2.45, 2.75) is 6.92 Å². The van der Waals surface area contributed by atoms with Gasteiger partial charge in [-0.1, -0.05) is 0 Å². The predicted molar refractivity (Wildman–Crippen MR) is 43.1 cm³/mol. The zero-order chi connectivity index (χ0) is 7.98. The molecule has 0 radical (unpaired) electrons. The summed E-state index contributed by atoms with van der Waals surface area (Å²) < 4.78 is 0. The van der Waals surface area contributed by atoms with E-state index < -0.39 is 0 Å². The van der Waals surface area contributed by atoms with Crippen LogP contribution >= 0.6 is 22.9 Å². The molecule has 5 heteroatoms. The number of rotatable bonds is 0. The maximum Gasteiger partial charge on any atom is 0.218 e. The Morgan fingerprint density at radius 3 is 2.50 bits per heavy atom. The molecule has 0 aliphatic heterocycles. The fraction of sp³-hybridized carbons (Fsp3) is 0.200. The molecule has 0 aromatic carbocycles. The van der Waals surface area contributed by atoms with E-state index >= 15 is 0 Å². The molecule has 0 atom stereocenters. The third-order valence-electron chi connectivity index (χ3n) is 0.451. The molecule has 2 N–H and O–H groups in total. The molecule has 3 nitrogen and oxygen atoms in total. The predicted octanol–water partition coefficient (Wildman–Crippen LogP) is 1.50. The molecule has 1 aromatic heterocycles. The molecular weight excluding hydrogens is 172 g/mol. The number of anilines is 1. The van der Waals surface area contributed by atoms with Gasteiger partial charge in [-0.3, -0.25) is 4.79 Å². The first-order valence-electron chi connectivity index (χ1n) is 2.44. The van der Waals surface area contributed by atoms with Crippen LogP contribution in [0.1, 0.15) is 6.92 Å². The fourth-order valence-electron chi connectivity index (χ4n) is 0.234. The average Bonchev–Trinajstić information content (AvgIpc) is 2.15. The Morgan fingerprint density at radius 2 is 2.40 bits per heavy atom. The number of nitrogens with two attached hydrogens (primary N) is 1. The van der Waals surface area contributed by atoms with Crippen LogP contribution in [-0.2, 0) is 4.79 Å². The molecule has 0 bridgehead atoms. The number of nitrogens with zero attached hydrogens (tertiary/aromatic N) is 1. The van der Waals surface area contributed by atoms with Gasteiger partial charge in [0.25, 0.3) is 0 Å². The van der Waals surface area contributed by atoms with Crippen molar-refractivity contribution < 1.29 is 4.79 Å². The zero-order valence-electron chi connectivity index (χ0n) is 5.37. The van der Waals surface area contributed by atoms with E-state index in [1.807, 2.05) is 5.38 Å². The Bertz CT molecular complexity index is 184. The number of hydrogen-bond donors (Lipinski definition) is 1. The lowest BCUT2D eigenvalue weighted by Gasteiger charge is -1.67. The highest BCUT2D eigenvalue weighted by Crippen LogP contribution is 2.02. The van der Waals surface area contributed by atoms with E-state index in [-0.39, 0.29) is 5.24 Å². The van der Waals surface area contributed by atoms with Crippen molar-refractivity contribution in [1.82, 2.24) is 4.98 Å². The van der Waals surface area contributed by atoms with Gasteiger partial charge in [-0.15, -0.1) is 11.3 Å². The summed E-state index contributed by atoms with van der Waals surface area (Å²) in [6, 6.07) is 0. The van der Waals surface area contributed by atoms with Crippen LogP contribution in [0.4, 0.5) is 5.13 Å². The summed E-state index contributed by atoms with van der Waals surface area (Å²) in [4.78, 5) is 12.9. The maximum atomic E-state index is 9.21. The Morgan fingerprint density at radius 1 is 1.90 bits per heavy atom. The number of carbonyl (C=O) groups excluding carboxylic acids is 1. The van der Waals surface area contributed by atoms with Gasteiger partial charge >= 0.3 is 0 Å². The molecule has 0 unspecified atom stereocenters. The summed E-state index contributed by atoms with van der Waals surface area (Å²) in [5.41, 5.74) is 5.19. The van der Waals surface area contributed by atoms with Crippen LogP contribution in [0.2, 0.25) is 0 Å². The summed E-state index contributed by atoms with van der Waals surface area (Å²) in [6.45, 7) is 1.29. The van der Waals surface area contributed by atoms with Crippen LogP contribution in [0.3, 0.4) is 0 Å². The molecule has 0 aliphatic carbocycles. The van der Waals surface area contributed by atoms with Crippen molar-refractivity contribution in [2.75, 3.05) is 5.73 Å². The summed E-state index contributed by atoms with van der Waals surface area (Å²) in [6.07, 6.45) is 1.68. The van der Waals surface area contributed by atoms with E-state index in [1.165, 1.54) is 18.3 Å². The summed E-state index contributed by atoms with van der Waals surface area (Å²) in [7, 11) is 0. The second-order valence-electron chi connectivity index (χ2n) is 1.34. The Labute approximate surface area is 67.8 Å². The van der Waals surface area contributed by atoms with E-state index in [1.54, 1.807) is 6.20 Å². The lowest BCUT2D eigenvalue weighted by molar-refractivity contribution is -0.109. The van der Waals surface area contributed by atoms with E-state index in [2.05, 4.69) is 16.6 Å². The van der Waals surface area contributed by atoms with Gasteiger partial charge in [0, 0.05) is 18.5 Å². The Hall–Kier alpha value is -0.610. The van der Waals surface area contributed by atoms with Crippen molar-refractivity contribution in [3.05, 3.63) is 11.6 Å². The smallest absolute Gasteiger partial charge is 0.218 e. The summed E-state index contributed by atoms with van der Waals surface area (Å²) in [5, 5.41) is 2.12. The highest BCUT2D eigenvalue weighted by Gasteiger charge is 1.76. The zero-order valence-corrected chi connectivity index (χ0v) is 6.95. The highest BCUT2D eigenvalue weighted by atomic mass is 35.5. The molecule has 0 saturated heterocycles. The summed E-state index contributed by atoms with van der Waals surface area (Å²) >= 11 is 6.08. The van der Waals surface area contributed by atoms with Crippen LogP contribution in [0, 0.1) is 0 Å². The minimum Gasteiger partial charge on any atom is -0.375 e. The first kappa shape index (κ1) is 9.39. The quantitative estimate of drug-likeness (QED) is 0.613. The topological polar surface area (TPSA) is 56.0 Å². The third kappa shape index (κ3) is 7.39. The molecule has 1 aromatic rings. The second-order valence-corrected chi connectivity index (χ2v) is 2.80. The Balaban J connectivity index is 0.000000180. The molecule has 1 rings (SSSR count). The number of thiazole rings is 1. The first-order valence-corrected chi connectivity index (χ1v) is 3.69. The largest absolute Gasteiger partial charge is 0.375 e. The number of aromatic nitrogens is 1. The molecule has 0 saturated carbocycles. The van der Waals surface area contributed by atoms with Crippen LogP contribution in [0.25, 0.3) is 0 Å². The minimum absolute atomic E-state index is 0.361. The molecule has 56 valence electrons. The van der Waals surface area contributed by atoms with Gasteiger partial charge in [-0.05, 0) is 11.6 Å². The van der Waals surface area contributed by atoms with Crippen LogP contribution in [-0.4, -0.2) is 10.2 Å². The van der Waals surface area contributed by atoms with E-state index in [9.17, 15) is 4.79 Å². The normalized spacial score (nSPS) is 7.80. The number of hydrogen-bond acceptors (Lipinski definition) is 4. The van der Waals surface area contributed by atoms with Gasteiger partial charge < -0.3 is 5.73 Å². The van der Waals surface area contributed by atoms with Gasteiger partial charge in [0.05, 0.1) is 0 Å². The van der Waals surface area contributed by atoms with Gasteiger partial charge in [0.15, 0.2) is 5.13 Å². The standard InChI is InChI=1S/C3H4N2S.C2H3ClO/c4-3-5-1-2-6-3;1-2(3)4/h1-2H,(H2,4,5);1H3. The highest BCUT2D eigenvalue weighted by molar-refractivity contribution is 7.13. The fourth-order valence-corrected chi connectivity index (χ4v) is 0.617. The number of nitrogen functional groups attached to an aromatic ring is 1. The van der Waals surface area contributed by atoms with E-state index in [0.29, 0.717) is 5.13 Å². The van der Waals surface area contributed by atoms with E-state index in [0.717, 1.165) is 0 Å². The molecule has 0 spiro atoms. The van der Waals surface area contributed by atoms with Crippen molar-refractivity contribution in [1.29, 1.82) is 0 Å². The lowest BCUT2D eigenvalue weighted by atomic mass is 10.9. The van der Waals surface area contributed by atoms with Crippen LogP contribution < -0.4 is 5.73 Å². The van der Waals surface area contributed by atoms with Crippen molar-refractivity contribution >= 4 is 33.3 Å². The molecule has 0 aliphatic rings. The number of carbonyl (C=O) groups is 1. The van der Waals surface area contributed by atoms with E-state index in [4.69, 9.17) is 5.73 Å². The third-order valence-corrected chi connectivity index (χ3v) is 1.06. The minimum atomic E-state index is -0.361. The SMILES string of the molecule is CC(=O)Cl.Nc1nccs1.